The summed E-state index contributed by atoms with van der Waals surface area (Å²) in [5.74, 6) is 0.666. The number of allylic oxidation sites excluding steroid dienone is 3. The first-order chi connectivity index (χ1) is 17.0. The Morgan fingerprint density at radius 1 is 1.34 bits per heavy atom. The van der Waals surface area contributed by atoms with Crippen LogP contribution >= 0.6 is 11.6 Å². The molecule has 2 aliphatic rings. The lowest BCUT2D eigenvalue weighted by Gasteiger charge is -2.31. The molecule has 8 nitrogen and oxygen atoms in total. The van der Waals surface area contributed by atoms with Crippen molar-refractivity contribution in [1.82, 2.24) is 25.1 Å². The maximum Gasteiger partial charge on any atom is 0.243 e. The Morgan fingerprint density at radius 2 is 2.14 bits per heavy atom. The largest absolute Gasteiger partial charge is 0.375 e. The number of rotatable bonds is 11. The number of nitrogens with zero attached hydrogens (tertiary/aromatic N) is 4. The predicted octanol–water partition coefficient (Wildman–Crippen LogP) is 3.74. The summed E-state index contributed by atoms with van der Waals surface area (Å²) in [5.41, 5.74) is 1.85. The van der Waals surface area contributed by atoms with Gasteiger partial charge in [-0.3, -0.25) is 9.18 Å². The first-order valence-electron chi connectivity index (χ1n) is 12.0. The molecule has 1 aromatic rings. The van der Waals surface area contributed by atoms with Crippen LogP contribution in [0.5, 0.6) is 0 Å². The molecule has 1 fully saturated rings. The molecule has 0 aromatic carbocycles. The Labute approximate surface area is 212 Å². The fourth-order valence-electron chi connectivity index (χ4n) is 3.94. The number of carbonyl (C=O) groups is 1. The van der Waals surface area contributed by atoms with Crippen LogP contribution in [0, 0.1) is 0 Å². The van der Waals surface area contributed by atoms with Gasteiger partial charge in [0.25, 0.3) is 0 Å². The second kappa shape index (κ2) is 13.8. The fourth-order valence-corrected chi connectivity index (χ4v) is 4.09. The number of carbonyl (C=O) groups excluding carboxylic acids is 1. The summed E-state index contributed by atoms with van der Waals surface area (Å²) in [7, 11) is 2.12. The number of amides is 1. The second-order valence-electron chi connectivity index (χ2n) is 8.72. The number of aromatic nitrogens is 2. The Bertz CT molecular complexity index is 957. The number of hydrogen-bond donors (Lipinski definition) is 3. The van der Waals surface area contributed by atoms with Gasteiger partial charge in [-0.05, 0) is 50.7 Å². The molecule has 3 rings (SSSR count). The molecule has 10 heteroatoms. The first kappa shape index (κ1) is 26.7. The fraction of sp³-hybridized carbons (Fsp3) is 0.480. The number of piperazine rings is 1. The monoisotopic (exact) mass is 503 g/mol. The van der Waals surface area contributed by atoms with Gasteiger partial charge in [-0.1, -0.05) is 29.8 Å². The van der Waals surface area contributed by atoms with Gasteiger partial charge in [-0.15, -0.1) is 0 Å². The predicted molar refractivity (Wildman–Crippen MR) is 140 cm³/mol. The molecule has 35 heavy (non-hydrogen) atoms. The van der Waals surface area contributed by atoms with Gasteiger partial charge in [0.2, 0.25) is 11.9 Å². The third kappa shape index (κ3) is 8.99. The summed E-state index contributed by atoms with van der Waals surface area (Å²) in [6.07, 6.45) is 13.7. The Morgan fingerprint density at radius 3 is 2.89 bits per heavy atom. The molecular weight excluding hydrogens is 469 g/mol. The van der Waals surface area contributed by atoms with E-state index in [1.54, 1.807) is 0 Å². The highest BCUT2D eigenvalue weighted by atomic mass is 35.5. The molecule has 1 unspecified atom stereocenters. The molecule has 190 valence electrons. The minimum atomic E-state index is -0.488. The molecule has 1 saturated heterocycles. The molecule has 1 aliphatic carbocycles. The number of halogens is 2. The molecule has 1 atom stereocenters. The highest BCUT2D eigenvalue weighted by Gasteiger charge is 2.15. The SMILES string of the molecule is C=CC(=O)NC1C=C(CNc2nc(N/C(=C/C=C/N3CCN(C)CC3)CCF)ncc2Cl)CCC1. The number of anilines is 2. The van der Waals surface area contributed by atoms with Crippen LogP contribution < -0.4 is 16.0 Å². The highest BCUT2D eigenvalue weighted by molar-refractivity contribution is 6.32. The smallest absolute Gasteiger partial charge is 0.243 e. The second-order valence-corrected chi connectivity index (χ2v) is 9.12. The summed E-state index contributed by atoms with van der Waals surface area (Å²) >= 11 is 6.31. The van der Waals surface area contributed by atoms with Crippen molar-refractivity contribution in [3.8, 4) is 0 Å². The third-order valence-electron chi connectivity index (χ3n) is 5.96. The van der Waals surface area contributed by atoms with Crippen molar-refractivity contribution >= 4 is 29.3 Å². The number of nitrogens with one attached hydrogen (secondary N) is 3. The molecule has 0 saturated carbocycles. The van der Waals surface area contributed by atoms with Crippen molar-refractivity contribution < 1.29 is 9.18 Å². The first-order valence-corrected chi connectivity index (χ1v) is 12.4. The van der Waals surface area contributed by atoms with Crippen LogP contribution in [0.2, 0.25) is 5.02 Å². The maximum atomic E-state index is 13.1. The minimum Gasteiger partial charge on any atom is -0.375 e. The Balaban J connectivity index is 1.60. The summed E-state index contributed by atoms with van der Waals surface area (Å²) in [4.78, 5) is 24.9. The van der Waals surface area contributed by atoms with E-state index in [1.807, 2.05) is 18.4 Å². The van der Waals surface area contributed by atoms with E-state index < -0.39 is 6.67 Å². The lowest BCUT2D eigenvalue weighted by molar-refractivity contribution is -0.116. The van der Waals surface area contributed by atoms with E-state index in [0.29, 0.717) is 29.0 Å². The van der Waals surface area contributed by atoms with Crippen LogP contribution in [0.1, 0.15) is 25.7 Å². The highest BCUT2D eigenvalue weighted by Crippen LogP contribution is 2.23. The molecule has 3 N–H and O–H groups in total. The Kier molecular flexibility index (Phi) is 10.6. The van der Waals surface area contributed by atoms with Crippen LogP contribution in [0.4, 0.5) is 16.2 Å². The summed E-state index contributed by atoms with van der Waals surface area (Å²) < 4.78 is 13.1. The zero-order chi connectivity index (χ0) is 25.0. The van der Waals surface area contributed by atoms with Gasteiger partial charge in [0.1, 0.15) is 5.02 Å². The van der Waals surface area contributed by atoms with Gasteiger partial charge in [0.15, 0.2) is 5.82 Å². The van der Waals surface area contributed by atoms with Crippen molar-refractivity contribution in [3.63, 3.8) is 0 Å². The standard InChI is InChI=1S/C25H35ClFN7O/c1-3-23(35)30-21-7-4-6-19(16-21)17-28-24-22(26)18-29-25(32-24)31-20(9-10-27)8-5-11-34-14-12-33(2)13-15-34/h3,5,8,11,16,18,21H,1,4,6-7,9-10,12-15,17H2,2H3,(H,30,35)(H2,28,29,31,32)/b11-5+,20-8+. The van der Waals surface area contributed by atoms with E-state index in [2.05, 4.69) is 55.4 Å². The molecule has 0 bridgehead atoms. The molecule has 0 spiro atoms. The molecule has 2 heterocycles. The zero-order valence-electron chi connectivity index (χ0n) is 20.3. The number of likely N-dealkylation sites (N-methyl/N-ethyl adjacent to an activating group) is 1. The van der Waals surface area contributed by atoms with Gasteiger partial charge in [0, 0.05) is 50.9 Å². The topological polar surface area (TPSA) is 85.4 Å². The molecule has 1 amide bonds. The van der Waals surface area contributed by atoms with Crippen molar-refractivity contribution in [1.29, 1.82) is 0 Å². The summed E-state index contributed by atoms with van der Waals surface area (Å²) in [6, 6.07) is -0.00329. The van der Waals surface area contributed by atoms with Crippen LogP contribution in [0.25, 0.3) is 0 Å². The van der Waals surface area contributed by atoms with Gasteiger partial charge >= 0.3 is 0 Å². The van der Waals surface area contributed by atoms with Crippen molar-refractivity contribution in [2.75, 3.05) is 57.1 Å². The van der Waals surface area contributed by atoms with E-state index >= 15 is 0 Å². The van der Waals surface area contributed by atoms with Gasteiger partial charge in [-0.2, -0.15) is 4.98 Å². The van der Waals surface area contributed by atoms with E-state index in [0.717, 1.165) is 45.4 Å². The van der Waals surface area contributed by atoms with Crippen LogP contribution in [0.3, 0.4) is 0 Å². The Hall–Kier alpha value is -2.91. The molecular formula is C25H35ClFN7O. The zero-order valence-corrected chi connectivity index (χ0v) is 21.0. The summed E-state index contributed by atoms with van der Waals surface area (Å²) in [5, 5.41) is 9.70. The minimum absolute atomic E-state index is 0.00329. The van der Waals surface area contributed by atoms with Crippen molar-refractivity contribution in [2.45, 2.75) is 31.7 Å². The average molecular weight is 504 g/mol. The molecule has 1 aromatic heterocycles. The van der Waals surface area contributed by atoms with Gasteiger partial charge in [-0.25, -0.2) is 4.98 Å². The lowest BCUT2D eigenvalue weighted by atomic mass is 9.95. The van der Waals surface area contributed by atoms with Crippen LogP contribution in [0.15, 0.2) is 54.5 Å². The van der Waals surface area contributed by atoms with Gasteiger partial charge in [0.05, 0.1) is 12.9 Å². The number of alkyl halides is 1. The van der Waals surface area contributed by atoms with E-state index in [4.69, 9.17) is 11.6 Å². The van der Waals surface area contributed by atoms with Gasteiger partial charge < -0.3 is 25.8 Å². The van der Waals surface area contributed by atoms with Crippen LogP contribution in [-0.4, -0.2) is 78.2 Å². The van der Waals surface area contributed by atoms with Crippen molar-refractivity contribution in [2.24, 2.45) is 0 Å². The normalized spacial score (nSPS) is 19.4. The summed E-state index contributed by atoms with van der Waals surface area (Å²) in [6.45, 7) is 7.56. The van der Waals surface area contributed by atoms with Crippen LogP contribution in [-0.2, 0) is 4.79 Å². The molecule has 0 radical (unpaired) electrons. The molecule has 1 aliphatic heterocycles. The quantitative estimate of drug-likeness (QED) is 0.241. The van der Waals surface area contributed by atoms with E-state index in [-0.39, 0.29) is 18.4 Å². The van der Waals surface area contributed by atoms with Crippen molar-refractivity contribution in [3.05, 3.63) is 59.6 Å². The number of hydrogen-bond acceptors (Lipinski definition) is 7. The van der Waals surface area contributed by atoms with E-state index in [1.165, 1.54) is 17.8 Å². The lowest BCUT2D eigenvalue weighted by Crippen LogP contribution is -2.41. The van der Waals surface area contributed by atoms with E-state index in [9.17, 15) is 9.18 Å². The average Bonchev–Trinajstić information content (AvgIpc) is 2.86. The third-order valence-corrected chi connectivity index (χ3v) is 6.23. The maximum absolute atomic E-state index is 13.1.